The molecular weight excluding hydrogens is 348 g/mol. The lowest BCUT2D eigenvalue weighted by Gasteiger charge is -2.22. The lowest BCUT2D eigenvalue weighted by molar-refractivity contribution is -0.130. The van der Waals surface area contributed by atoms with Crippen molar-refractivity contribution in [3.05, 3.63) is 34.3 Å². The first-order chi connectivity index (χ1) is 10.4. The van der Waals surface area contributed by atoms with Crippen LogP contribution in [0.2, 0.25) is 0 Å². The van der Waals surface area contributed by atoms with Crippen LogP contribution in [0.3, 0.4) is 0 Å². The van der Waals surface area contributed by atoms with Gasteiger partial charge in [-0.05, 0) is 24.1 Å². The molecule has 0 fully saturated rings. The van der Waals surface area contributed by atoms with Gasteiger partial charge in [-0.15, -0.1) is 0 Å². The van der Waals surface area contributed by atoms with Crippen LogP contribution in [0.5, 0.6) is 0 Å². The number of rotatable bonds is 8. The molecule has 1 aromatic carbocycles. The Morgan fingerprint density at radius 2 is 1.95 bits per heavy atom. The molecule has 5 nitrogen and oxygen atoms in total. The molecule has 2 amide bonds. The number of ether oxygens (including phenoxy) is 1. The zero-order valence-corrected chi connectivity index (χ0v) is 14.9. The summed E-state index contributed by atoms with van der Waals surface area (Å²) in [6.45, 7) is 2.72. The quantitative estimate of drug-likeness (QED) is 0.715. The average Bonchev–Trinajstić information content (AvgIpc) is 2.47. The minimum Gasteiger partial charge on any atom is -0.385 e. The molecule has 0 aliphatic rings. The molecular formula is C16H23BrN2O3. The van der Waals surface area contributed by atoms with Crippen LogP contribution < -0.4 is 5.32 Å². The summed E-state index contributed by atoms with van der Waals surface area (Å²) in [6, 6.07) is 7.29. The summed E-state index contributed by atoms with van der Waals surface area (Å²) < 4.78 is 5.95. The Morgan fingerprint density at radius 1 is 1.32 bits per heavy atom. The van der Waals surface area contributed by atoms with Gasteiger partial charge in [0.1, 0.15) is 0 Å². The van der Waals surface area contributed by atoms with Gasteiger partial charge < -0.3 is 15.0 Å². The number of nitrogens with zero attached hydrogens (tertiary/aromatic N) is 1. The first-order valence-corrected chi connectivity index (χ1v) is 7.98. The van der Waals surface area contributed by atoms with Gasteiger partial charge in [-0.2, -0.15) is 0 Å². The van der Waals surface area contributed by atoms with E-state index in [0.717, 1.165) is 16.5 Å². The van der Waals surface area contributed by atoms with E-state index in [1.807, 2.05) is 24.3 Å². The van der Waals surface area contributed by atoms with Crippen molar-refractivity contribution in [3.63, 3.8) is 0 Å². The van der Waals surface area contributed by atoms with E-state index in [4.69, 9.17) is 4.74 Å². The van der Waals surface area contributed by atoms with Gasteiger partial charge in [-0.25, -0.2) is 0 Å². The van der Waals surface area contributed by atoms with Crippen molar-refractivity contribution in [2.24, 2.45) is 0 Å². The molecule has 0 saturated carbocycles. The van der Waals surface area contributed by atoms with Gasteiger partial charge in [0.25, 0.3) is 0 Å². The van der Waals surface area contributed by atoms with E-state index in [0.29, 0.717) is 13.2 Å². The van der Waals surface area contributed by atoms with Crippen molar-refractivity contribution in [2.45, 2.75) is 25.8 Å². The molecule has 0 aliphatic heterocycles. The number of carbonyl (C=O) groups is 2. The third kappa shape index (κ3) is 6.58. The van der Waals surface area contributed by atoms with Crippen LogP contribution >= 0.6 is 15.9 Å². The van der Waals surface area contributed by atoms with E-state index in [9.17, 15) is 9.59 Å². The molecule has 1 unspecified atom stereocenters. The molecule has 1 atom stereocenters. The summed E-state index contributed by atoms with van der Waals surface area (Å²) >= 11 is 3.38. The SMILES string of the molecule is COCCCN(C)C(=O)CC(NC(C)=O)c1ccc(Br)cc1. The van der Waals surface area contributed by atoms with E-state index >= 15 is 0 Å². The Morgan fingerprint density at radius 3 is 2.50 bits per heavy atom. The fourth-order valence-electron chi connectivity index (χ4n) is 2.09. The van der Waals surface area contributed by atoms with Gasteiger partial charge in [-0.3, -0.25) is 9.59 Å². The molecule has 0 aliphatic carbocycles. The molecule has 22 heavy (non-hydrogen) atoms. The number of carbonyl (C=O) groups excluding carboxylic acids is 2. The average molecular weight is 371 g/mol. The highest BCUT2D eigenvalue weighted by molar-refractivity contribution is 9.10. The first kappa shape index (κ1) is 18.6. The molecule has 1 N–H and O–H groups in total. The Balaban J connectivity index is 2.70. The highest BCUT2D eigenvalue weighted by atomic mass is 79.9. The van der Waals surface area contributed by atoms with Crippen LogP contribution in [0.4, 0.5) is 0 Å². The zero-order chi connectivity index (χ0) is 16.5. The molecule has 1 aromatic rings. The van der Waals surface area contributed by atoms with E-state index in [1.165, 1.54) is 6.92 Å². The predicted molar refractivity (Wildman–Crippen MR) is 89.4 cm³/mol. The maximum Gasteiger partial charge on any atom is 0.224 e. The van der Waals surface area contributed by atoms with Gasteiger partial charge in [0, 0.05) is 38.7 Å². The minimum absolute atomic E-state index is 0.00206. The molecule has 6 heteroatoms. The number of benzene rings is 1. The van der Waals surface area contributed by atoms with Crippen molar-refractivity contribution in [3.8, 4) is 0 Å². The van der Waals surface area contributed by atoms with Crippen LogP contribution in [0.1, 0.15) is 31.4 Å². The Labute approximate surface area is 140 Å². The summed E-state index contributed by atoms with van der Waals surface area (Å²) in [7, 11) is 3.41. The van der Waals surface area contributed by atoms with E-state index in [1.54, 1.807) is 19.1 Å². The highest BCUT2D eigenvalue weighted by Gasteiger charge is 2.19. The van der Waals surface area contributed by atoms with Crippen molar-refractivity contribution < 1.29 is 14.3 Å². The van der Waals surface area contributed by atoms with Gasteiger partial charge in [0.05, 0.1) is 12.5 Å². The summed E-state index contributed by atoms with van der Waals surface area (Å²) in [5.74, 6) is -0.152. The van der Waals surface area contributed by atoms with Crippen LogP contribution in [0, 0.1) is 0 Å². The fourth-order valence-corrected chi connectivity index (χ4v) is 2.36. The van der Waals surface area contributed by atoms with E-state index in [2.05, 4.69) is 21.2 Å². The topological polar surface area (TPSA) is 58.6 Å². The second-order valence-electron chi connectivity index (χ2n) is 5.17. The summed E-state index contributed by atoms with van der Waals surface area (Å²) in [4.78, 5) is 25.4. The maximum atomic E-state index is 12.3. The standard InChI is InChI=1S/C16H23BrN2O3/c1-12(20)18-15(13-5-7-14(17)8-6-13)11-16(21)19(2)9-4-10-22-3/h5-8,15H,4,9-11H2,1-3H3,(H,18,20). The van der Waals surface area contributed by atoms with Gasteiger partial charge in [0.2, 0.25) is 11.8 Å². The van der Waals surface area contributed by atoms with Gasteiger partial charge in [0.15, 0.2) is 0 Å². The smallest absolute Gasteiger partial charge is 0.224 e. The van der Waals surface area contributed by atoms with Crippen LogP contribution in [-0.2, 0) is 14.3 Å². The molecule has 122 valence electrons. The molecule has 0 spiro atoms. The Bertz CT molecular complexity index is 491. The van der Waals surface area contributed by atoms with Crippen molar-refractivity contribution >= 4 is 27.7 Å². The zero-order valence-electron chi connectivity index (χ0n) is 13.3. The van der Waals surface area contributed by atoms with Crippen molar-refractivity contribution in [1.82, 2.24) is 10.2 Å². The molecule has 0 radical (unpaired) electrons. The van der Waals surface area contributed by atoms with Crippen molar-refractivity contribution in [1.29, 1.82) is 0 Å². The largest absolute Gasteiger partial charge is 0.385 e. The summed E-state index contributed by atoms with van der Waals surface area (Å²) in [6.07, 6.45) is 1.03. The van der Waals surface area contributed by atoms with Gasteiger partial charge in [-0.1, -0.05) is 28.1 Å². The van der Waals surface area contributed by atoms with Crippen molar-refractivity contribution in [2.75, 3.05) is 27.3 Å². The maximum absolute atomic E-state index is 12.3. The molecule has 0 heterocycles. The normalized spacial score (nSPS) is 11.8. The van der Waals surface area contributed by atoms with Crippen LogP contribution in [0.25, 0.3) is 0 Å². The number of hydrogen-bond acceptors (Lipinski definition) is 3. The Hall–Kier alpha value is -1.40. The van der Waals surface area contributed by atoms with Crippen LogP contribution in [-0.4, -0.2) is 44.0 Å². The highest BCUT2D eigenvalue weighted by Crippen LogP contribution is 2.20. The second-order valence-corrected chi connectivity index (χ2v) is 6.09. The second kappa shape index (κ2) is 9.58. The predicted octanol–water partition coefficient (Wildman–Crippen LogP) is 2.51. The summed E-state index contributed by atoms with van der Waals surface area (Å²) in [5.41, 5.74) is 0.914. The summed E-state index contributed by atoms with van der Waals surface area (Å²) in [5, 5.41) is 2.84. The third-order valence-corrected chi connectivity index (χ3v) is 3.83. The fraction of sp³-hybridized carbons (Fsp3) is 0.500. The van der Waals surface area contributed by atoms with Crippen LogP contribution in [0.15, 0.2) is 28.7 Å². The lowest BCUT2D eigenvalue weighted by atomic mass is 10.0. The van der Waals surface area contributed by atoms with Gasteiger partial charge >= 0.3 is 0 Å². The minimum atomic E-state index is -0.317. The number of amides is 2. The number of halogens is 1. The monoisotopic (exact) mass is 370 g/mol. The lowest BCUT2D eigenvalue weighted by Crippen LogP contribution is -2.34. The molecule has 0 aromatic heterocycles. The molecule has 0 saturated heterocycles. The number of nitrogens with one attached hydrogen (secondary N) is 1. The first-order valence-electron chi connectivity index (χ1n) is 7.19. The number of hydrogen-bond donors (Lipinski definition) is 1. The number of methoxy groups -OCH3 is 1. The molecule has 0 bridgehead atoms. The van der Waals surface area contributed by atoms with E-state index < -0.39 is 0 Å². The Kier molecular flexibility index (Phi) is 8.12. The van der Waals surface area contributed by atoms with E-state index in [-0.39, 0.29) is 24.3 Å². The third-order valence-electron chi connectivity index (χ3n) is 3.30. The molecule has 1 rings (SSSR count).